The van der Waals surface area contributed by atoms with Crippen LogP contribution in [0.4, 0.5) is 4.39 Å². The van der Waals surface area contributed by atoms with Crippen molar-refractivity contribution in [3.05, 3.63) is 34.6 Å². The molecule has 0 spiro atoms. The second-order valence-corrected chi connectivity index (χ2v) is 4.92. The number of nitrogens with one attached hydrogen (secondary N) is 1. The highest BCUT2D eigenvalue weighted by molar-refractivity contribution is 6.31. The molecule has 0 saturated carbocycles. The van der Waals surface area contributed by atoms with Gasteiger partial charge in [0, 0.05) is 11.1 Å². The van der Waals surface area contributed by atoms with Crippen LogP contribution in [0.3, 0.4) is 0 Å². The Morgan fingerprint density at radius 3 is 2.71 bits per heavy atom. The van der Waals surface area contributed by atoms with E-state index in [1.54, 1.807) is 6.07 Å². The maximum absolute atomic E-state index is 13.0. The zero-order valence-corrected chi connectivity index (χ0v) is 11.1. The molecule has 1 rings (SSSR count). The summed E-state index contributed by atoms with van der Waals surface area (Å²) < 4.78 is 13.0. The second kappa shape index (κ2) is 6.94. The van der Waals surface area contributed by atoms with Gasteiger partial charge in [-0.3, -0.25) is 11.3 Å². The summed E-state index contributed by atoms with van der Waals surface area (Å²) in [5, 5.41) is 0.427. The molecular formula is C13H20ClFN2. The molecule has 0 aromatic heterocycles. The number of hydrogen-bond donors (Lipinski definition) is 2. The second-order valence-electron chi connectivity index (χ2n) is 4.51. The first-order valence-electron chi connectivity index (χ1n) is 5.99. The average Bonchev–Trinajstić information content (AvgIpc) is 2.27. The quantitative estimate of drug-likeness (QED) is 0.602. The van der Waals surface area contributed by atoms with Crippen molar-refractivity contribution in [3.63, 3.8) is 0 Å². The van der Waals surface area contributed by atoms with Gasteiger partial charge in [0.2, 0.25) is 0 Å². The lowest BCUT2D eigenvalue weighted by Gasteiger charge is -2.21. The minimum Gasteiger partial charge on any atom is -0.271 e. The molecule has 0 amide bonds. The van der Waals surface area contributed by atoms with Crippen LogP contribution in [0.15, 0.2) is 18.2 Å². The molecule has 17 heavy (non-hydrogen) atoms. The van der Waals surface area contributed by atoms with Crippen molar-refractivity contribution in [3.8, 4) is 0 Å². The molecule has 0 aliphatic heterocycles. The third-order valence-corrected chi connectivity index (χ3v) is 3.29. The fraction of sp³-hybridized carbons (Fsp3) is 0.538. The summed E-state index contributed by atoms with van der Waals surface area (Å²) in [6, 6.07) is 4.41. The van der Waals surface area contributed by atoms with E-state index >= 15 is 0 Å². The van der Waals surface area contributed by atoms with E-state index in [2.05, 4.69) is 19.3 Å². The van der Waals surface area contributed by atoms with Crippen LogP contribution < -0.4 is 11.3 Å². The van der Waals surface area contributed by atoms with E-state index in [1.165, 1.54) is 12.1 Å². The number of benzene rings is 1. The molecule has 1 aromatic carbocycles. The standard InChI is InChI=1S/C13H20ClFN2/c1-3-4-9(2)7-13(17-16)11-6-5-10(15)8-12(11)14/h5-6,8-9,13,17H,3-4,7,16H2,1-2H3. The molecule has 0 saturated heterocycles. The van der Waals surface area contributed by atoms with Gasteiger partial charge in [-0.05, 0) is 30.0 Å². The Bertz CT molecular complexity index is 357. The summed E-state index contributed by atoms with van der Waals surface area (Å²) in [5.74, 6) is 5.79. The van der Waals surface area contributed by atoms with Gasteiger partial charge in [0.25, 0.3) is 0 Å². The molecule has 2 nitrogen and oxygen atoms in total. The van der Waals surface area contributed by atoms with Crippen LogP contribution in [-0.4, -0.2) is 0 Å². The first-order valence-corrected chi connectivity index (χ1v) is 6.37. The summed E-state index contributed by atoms with van der Waals surface area (Å²) in [6.07, 6.45) is 3.20. The number of rotatable bonds is 6. The predicted molar refractivity (Wildman–Crippen MR) is 70.2 cm³/mol. The highest BCUT2D eigenvalue weighted by atomic mass is 35.5. The Hall–Kier alpha value is -0.640. The van der Waals surface area contributed by atoms with Crippen molar-refractivity contribution in [1.82, 2.24) is 5.43 Å². The molecule has 3 N–H and O–H groups in total. The third-order valence-electron chi connectivity index (χ3n) is 2.96. The Balaban J connectivity index is 2.79. The van der Waals surface area contributed by atoms with Gasteiger partial charge < -0.3 is 0 Å². The minimum atomic E-state index is -0.323. The molecule has 2 atom stereocenters. The fourth-order valence-corrected chi connectivity index (χ4v) is 2.38. The number of hydrazine groups is 1. The highest BCUT2D eigenvalue weighted by Crippen LogP contribution is 2.29. The monoisotopic (exact) mass is 258 g/mol. The van der Waals surface area contributed by atoms with Crippen LogP contribution in [0, 0.1) is 11.7 Å². The molecule has 0 bridgehead atoms. The van der Waals surface area contributed by atoms with Gasteiger partial charge in [-0.2, -0.15) is 0 Å². The highest BCUT2D eigenvalue weighted by Gasteiger charge is 2.16. The topological polar surface area (TPSA) is 38.0 Å². The Morgan fingerprint density at radius 2 is 2.18 bits per heavy atom. The normalized spacial score (nSPS) is 14.6. The molecule has 2 unspecified atom stereocenters. The lowest BCUT2D eigenvalue weighted by Crippen LogP contribution is -2.29. The van der Waals surface area contributed by atoms with E-state index in [0.29, 0.717) is 10.9 Å². The molecule has 0 heterocycles. The van der Waals surface area contributed by atoms with E-state index in [1.807, 2.05) is 0 Å². The first kappa shape index (κ1) is 14.4. The van der Waals surface area contributed by atoms with Crippen LogP contribution in [0.2, 0.25) is 5.02 Å². The van der Waals surface area contributed by atoms with Crippen LogP contribution in [-0.2, 0) is 0 Å². The summed E-state index contributed by atoms with van der Waals surface area (Å²) in [5.41, 5.74) is 3.62. The van der Waals surface area contributed by atoms with Crippen LogP contribution in [0.1, 0.15) is 44.7 Å². The van der Waals surface area contributed by atoms with Gasteiger partial charge in [0.15, 0.2) is 0 Å². The van der Waals surface area contributed by atoms with E-state index in [0.717, 1.165) is 24.8 Å². The Labute approximate surface area is 107 Å². The molecule has 0 fully saturated rings. The van der Waals surface area contributed by atoms with Crippen molar-refractivity contribution < 1.29 is 4.39 Å². The lowest BCUT2D eigenvalue weighted by atomic mass is 9.93. The smallest absolute Gasteiger partial charge is 0.124 e. The first-order chi connectivity index (χ1) is 8.08. The maximum atomic E-state index is 13.0. The SMILES string of the molecule is CCCC(C)CC(NN)c1ccc(F)cc1Cl. The van der Waals surface area contributed by atoms with Crippen molar-refractivity contribution in [2.24, 2.45) is 11.8 Å². The summed E-state index contributed by atoms with van der Waals surface area (Å²) in [7, 11) is 0. The van der Waals surface area contributed by atoms with Gasteiger partial charge in [-0.25, -0.2) is 4.39 Å². The molecule has 96 valence electrons. The van der Waals surface area contributed by atoms with Crippen LogP contribution in [0.5, 0.6) is 0 Å². The van der Waals surface area contributed by atoms with Gasteiger partial charge >= 0.3 is 0 Å². The van der Waals surface area contributed by atoms with Gasteiger partial charge in [-0.1, -0.05) is 44.4 Å². The van der Waals surface area contributed by atoms with Crippen molar-refractivity contribution >= 4 is 11.6 Å². The third kappa shape index (κ3) is 4.26. The van der Waals surface area contributed by atoms with E-state index in [9.17, 15) is 4.39 Å². The summed E-state index contributed by atoms with van der Waals surface area (Å²) in [6.45, 7) is 4.34. The number of hydrogen-bond acceptors (Lipinski definition) is 2. The number of nitrogens with two attached hydrogens (primary N) is 1. The molecule has 4 heteroatoms. The molecular weight excluding hydrogens is 239 g/mol. The molecule has 0 aliphatic carbocycles. The van der Waals surface area contributed by atoms with E-state index in [-0.39, 0.29) is 11.9 Å². The van der Waals surface area contributed by atoms with Gasteiger partial charge in [-0.15, -0.1) is 0 Å². The zero-order valence-electron chi connectivity index (χ0n) is 10.3. The van der Waals surface area contributed by atoms with Crippen molar-refractivity contribution in [1.29, 1.82) is 0 Å². The van der Waals surface area contributed by atoms with Crippen LogP contribution >= 0.6 is 11.6 Å². The predicted octanol–water partition coefficient (Wildman–Crippen LogP) is 3.81. The maximum Gasteiger partial charge on any atom is 0.124 e. The van der Waals surface area contributed by atoms with Crippen molar-refractivity contribution in [2.45, 2.75) is 39.2 Å². The zero-order chi connectivity index (χ0) is 12.8. The molecule has 1 aromatic rings. The largest absolute Gasteiger partial charge is 0.271 e. The Morgan fingerprint density at radius 1 is 1.47 bits per heavy atom. The fourth-order valence-electron chi connectivity index (χ4n) is 2.08. The van der Waals surface area contributed by atoms with Gasteiger partial charge in [0.1, 0.15) is 5.82 Å². The van der Waals surface area contributed by atoms with Crippen LogP contribution in [0.25, 0.3) is 0 Å². The summed E-state index contributed by atoms with van der Waals surface area (Å²) >= 11 is 6.03. The average molecular weight is 259 g/mol. The molecule has 0 aliphatic rings. The van der Waals surface area contributed by atoms with Gasteiger partial charge in [0.05, 0.1) is 0 Å². The minimum absolute atomic E-state index is 0.0235. The molecule has 0 radical (unpaired) electrons. The number of halogens is 2. The summed E-state index contributed by atoms with van der Waals surface area (Å²) in [4.78, 5) is 0. The van der Waals surface area contributed by atoms with E-state index < -0.39 is 0 Å². The Kier molecular flexibility index (Phi) is 5.89. The van der Waals surface area contributed by atoms with Crippen molar-refractivity contribution in [2.75, 3.05) is 0 Å². The lowest BCUT2D eigenvalue weighted by molar-refractivity contribution is 0.394. The van der Waals surface area contributed by atoms with E-state index in [4.69, 9.17) is 17.4 Å².